The average molecular weight is 804 g/mol. The van der Waals surface area contributed by atoms with E-state index in [0.717, 1.165) is 71.5 Å². The van der Waals surface area contributed by atoms with Gasteiger partial charge in [-0.3, -0.25) is 4.57 Å². The Morgan fingerprint density at radius 2 is 0.871 bits per heavy atom. The zero-order valence-corrected chi connectivity index (χ0v) is 32.5. The standard InChI is InChI=1S/C27H16N6O.C22H13N5O/c1-3-9-17(10-4-1)24-30-25(18-11-5-2-6-12-18)32-27(31-24)33-20-15-28-16-29-23(20)22-19-13-7-8-14-21(19)34-26(22)33;1-2-6-14(7-3-1)21-24-11-10-18(26-21)27-16-12-23-13-25-20(16)19-15-8-4-5-9-17(15)28-22(19)27/h1-16H;1-13H. The summed E-state index contributed by atoms with van der Waals surface area (Å²) in [5.74, 6) is 2.96. The Labute approximate surface area is 350 Å². The van der Waals surface area contributed by atoms with Gasteiger partial charge in [-0.05, 0) is 18.2 Å². The molecule has 0 unspecified atom stereocenters. The van der Waals surface area contributed by atoms with Crippen molar-refractivity contribution in [3.05, 3.63) is 177 Å². The predicted octanol–water partition coefficient (Wildman–Crippen LogP) is 10.6. The molecule has 0 bridgehead atoms. The number of aromatic nitrogens is 11. The van der Waals surface area contributed by atoms with Crippen molar-refractivity contribution in [2.45, 2.75) is 0 Å². The molecule has 0 amide bonds. The Hall–Kier alpha value is -8.97. The number of rotatable bonds is 5. The van der Waals surface area contributed by atoms with Gasteiger partial charge in [-0.25, -0.2) is 39.5 Å². The Morgan fingerprint density at radius 1 is 0.403 bits per heavy atom. The van der Waals surface area contributed by atoms with E-state index < -0.39 is 0 Å². The Kier molecular flexibility index (Phi) is 8.13. The molecule has 292 valence electrons. The fraction of sp³-hybridized carbons (Fsp3) is 0. The van der Waals surface area contributed by atoms with E-state index in [1.165, 1.54) is 0 Å². The third-order valence-corrected chi connectivity index (χ3v) is 10.7. The SMILES string of the molecule is c1ccc(-c2nc(-c3ccccc3)nc(-n3c4cncnc4c4c5ccccc5oc43)n2)cc1.c1ccc(-c2nccc(-n3c4cncnc4c4c5ccccc5oc43)n2)cc1. The van der Waals surface area contributed by atoms with Gasteiger partial charge in [0.25, 0.3) is 0 Å². The van der Waals surface area contributed by atoms with Crippen LogP contribution >= 0.6 is 0 Å². The molecule has 0 N–H and O–H groups in total. The molecule has 0 aliphatic rings. The highest BCUT2D eigenvalue weighted by Crippen LogP contribution is 2.39. The Morgan fingerprint density at radius 3 is 1.42 bits per heavy atom. The van der Waals surface area contributed by atoms with Crippen molar-refractivity contribution in [3.8, 4) is 45.9 Å². The first kappa shape index (κ1) is 35.0. The topological polar surface area (TPSA) is 152 Å². The number of furan rings is 2. The van der Waals surface area contributed by atoms with Gasteiger partial charge in [-0.15, -0.1) is 0 Å². The number of hydrogen-bond acceptors (Lipinski definition) is 11. The molecule has 0 aliphatic carbocycles. The second-order valence-electron chi connectivity index (χ2n) is 14.4. The van der Waals surface area contributed by atoms with Crippen molar-refractivity contribution in [1.82, 2.24) is 54.0 Å². The van der Waals surface area contributed by atoms with Crippen LogP contribution in [0.5, 0.6) is 0 Å². The van der Waals surface area contributed by atoms with Crippen LogP contribution in [0.3, 0.4) is 0 Å². The van der Waals surface area contributed by atoms with E-state index in [9.17, 15) is 0 Å². The van der Waals surface area contributed by atoms with Gasteiger partial charge in [0.2, 0.25) is 17.4 Å². The molecule has 0 saturated carbocycles. The van der Waals surface area contributed by atoms with Crippen LogP contribution in [0.2, 0.25) is 0 Å². The van der Waals surface area contributed by atoms with E-state index in [1.807, 2.05) is 155 Å². The average Bonchev–Trinajstić information content (AvgIpc) is 4.09. The second-order valence-corrected chi connectivity index (χ2v) is 14.4. The summed E-state index contributed by atoms with van der Waals surface area (Å²) in [5.41, 5.74) is 8.93. The van der Waals surface area contributed by atoms with E-state index >= 15 is 0 Å². The number of nitrogens with zero attached hydrogens (tertiary/aromatic N) is 11. The summed E-state index contributed by atoms with van der Waals surface area (Å²) in [5, 5.41) is 3.89. The zero-order chi connectivity index (χ0) is 41.0. The summed E-state index contributed by atoms with van der Waals surface area (Å²) < 4.78 is 16.3. The van der Waals surface area contributed by atoms with Gasteiger partial charge in [0.15, 0.2) is 17.5 Å². The van der Waals surface area contributed by atoms with Crippen LogP contribution in [0, 0.1) is 0 Å². The molecule has 13 rings (SSSR count). The summed E-state index contributed by atoms with van der Waals surface area (Å²) in [6.45, 7) is 0. The van der Waals surface area contributed by atoms with Crippen LogP contribution in [0.15, 0.2) is 186 Å². The van der Waals surface area contributed by atoms with Crippen molar-refractivity contribution in [2.75, 3.05) is 0 Å². The summed E-state index contributed by atoms with van der Waals surface area (Å²) >= 11 is 0. The molecule has 0 fully saturated rings. The van der Waals surface area contributed by atoms with Gasteiger partial charge in [0, 0.05) is 33.7 Å². The number of fused-ring (bicyclic) bond motifs is 10. The lowest BCUT2D eigenvalue weighted by atomic mass is 10.2. The molecule has 0 atom stereocenters. The quantitative estimate of drug-likeness (QED) is 0.163. The van der Waals surface area contributed by atoms with Crippen LogP contribution in [-0.2, 0) is 0 Å². The molecule has 0 radical (unpaired) electrons. The lowest BCUT2D eigenvalue weighted by Gasteiger charge is -2.09. The van der Waals surface area contributed by atoms with E-state index in [2.05, 4.69) is 24.9 Å². The van der Waals surface area contributed by atoms with Gasteiger partial charge < -0.3 is 8.83 Å². The van der Waals surface area contributed by atoms with E-state index in [-0.39, 0.29) is 0 Å². The van der Waals surface area contributed by atoms with Gasteiger partial charge in [-0.1, -0.05) is 127 Å². The van der Waals surface area contributed by atoms with Gasteiger partial charge in [0.1, 0.15) is 40.7 Å². The first-order chi connectivity index (χ1) is 30.8. The molecule has 13 aromatic rings. The van der Waals surface area contributed by atoms with Crippen LogP contribution < -0.4 is 0 Å². The maximum Gasteiger partial charge on any atom is 0.241 e. The minimum atomic E-state index is 0.446. The Balaban J connectivity index is 0.000000135. The normalized spacial score (nSPS) is 11.5. The van der Waals surface area contributed by atoms with Crippen LogP contribution in [0.4, 0.5) is 0 Å². The van der Waals surface area contributed by atoms with E-state index in [1.54, 1.807) is 31.2 Å². The first-order valence-corrected chi connectivity index (χ1v) is 19.8. The summed E-state index contributed by atoms with van der Waals surface area (Å²) in [7, 11) is 0. The van der Waals surface area contributed by atoms with Crippen LogP contribution in [0.1, 0.15) is 0 Å². The molecule has 8 heterocycles. The number of benzene rings is 5. The fourth-order valence-electron chi connectivity index (χ4n) is 7.94. The summed E-state index contributed by atoms with van der Waals surface area (Å²) in [4.78, 5) is 41.3. The smallest absolute Gasteiger partial charge is 0.241 e. The van der Waals surface area contributed by atoms with Crippen molar-refractivity contribution < 1.29 is 8.83 Å². The highest BCUT2D eigenvalue weighted by molar-refractivity contribution is 6.19. The largest absolute Gasteiger partial charge is 0.439 e. The lowest BCUT2D eigenvalue weighted by molar-refractivity contribution is 0.641. The zero-order valence-electron chi connectivity index (χ0n) is 32.5. The van der Waals surface area contributed by atoms with Crippen molar-refractivity contribution >= 4 is 66.2 Å². The van der Waals surface area contributed by atoms with Gasteiger partial charge in [-0.2, -0.15) is 9.97 Å². The van der Waals surface area contributed by atoms with Crippen molar-refractivity contribution in [2.24, 2.45) is 0 Å². The van der Waals surface area contributed by atoms with Crippen LogP contribution in [-0.4, -0.2) is 54.0 Å². The highest BCUT2D eigenvalue weighted by atomic mass is 16.3. The summed E-state index contributed by atoms with van der Waals surface area (Å²) in [6, 6.07) is 47.4. The number of hydrogen-bond donors (Lipinski definition) is 0. The van der Waals surface area contributed by atoms with Crippen molar-refractivity contribution in [3.63, 3.8) is 0 Å². The second kappa shape index (κ2) is 14.4. The molecular formula is C49H29N11O2. The monoisotopic (exact) mass is 803 g/mol. The van der Waals surface area contributed by atoms with E-state index in [0.29, 0.717) is 40.7 Å². The van der Waals surface area contributed by atoms with Gasteiger partial charge >= 0.3 is 0 Å². The molecule has 13 nitrogen and oxygen atoms in total. The molecular weight excluding hydrogens is 775 g/mol. The van der Waals surface area contributed by atoms with Crippen LogP contribution in [0.25, 0.3) is 112 Å². The minimum Gasteiger partial charge on any atom is -0.439 e. The highest BCUT2D eigenvalue weighted by Gasteiger charge is 2.24. The minimum absolute atomic E-state index is 0.446. The molecule has 0 aliphatic heterocycles. The Bertz CT molecular complexity index is 3710. The lowest BCUT2D eigenvalue weighted by Crippen LogP contribution is -2.06. The molecule has 62 heavy (non-hydrogen) atoms. The predicted molar refractivity (Wildman–Crippen MR) is 238 cm³/mol. The third kappa shape index (κ3) is 5.75. The maximum atomic E-state index is 6.31. The number of para-hydroxylation sites is 2. The molecule has 0 saturated heterocycles. The molecule has 5 aromatic carbocycles. The molecule has 13 heteroatoms. The first-order valence-electron chi connectivity index (χ1n) is 19.8. The van der Waals surface area contributed by atoms with E-state index in [4.69, 9.17) is 28.8 Å². The molecule has 8 aromatic heterocycles. The maximum absolute atomic E-state index is 6.31. The third-order valence-electron chi connectivity index (χ3n) is 10.7. The summed E-state index contributed by atoms with van der Waals surface area (Å²) in [6.07, 6.45) is 8.42. The molecule has 0 spiro atoms. The van der Waals surface area contributed by atoms with Crippen molar-refractivity contribution in [1.29, 1.82) is 0 Å². The fourth-order valence-corrected chi connectivity index (χ4v) is 7.94. The van der Waals surface area contributed by atoms with Gasteiger partial charge in [0.05, 0.1) is 34.2 Å².